The summed E-state index contributed by atoms with van der Waals surface area (Å²) in [5.74, 6) is 0.209. The van der Waals surface area contributed by atoms with Gasteiger partial charge in [-0.25, -0.2) is 0 Å². The fourth-order valence-electron chi connectivity index (χ4n) is 1.99. The largest absolute Gasteiger partial charge is 0.489 e. The van der Waals surface area contributed by atoms with Crippen LogP contribution in [0.15, 0.2) is 48.5 Å². The molecule has 22 heavy (non-hydrogen) atoms. The maximum atomic E-state index is 11.2. The topological polar surface area (TPSA) is 78.3 Å². The summed E-state index contributed by atoms with van der Waals surface area (Å²) in [5, 5.41) is 0.640. The number of halogens is 1. The molecule has 4 N–H and O–H groups in total. The van der Waals surface area contributed by atoms with Crippen LogP contribution in [0.3, 0.4) is 0 Å². The normalized spacial score (nSPS) is 13.4. The van der Waals surface area contributed by atoms with E-state index in [0.29, 0.717) is 18.1 Å². The molecule has 0 aliphatic carbocycles. The number of benzene rings is 2. The summed E-state index contributed by atoms with van der Waals surface area (Å²) in [5.41, 5.74) is 12.1. The van der Waals surface area contributed by atoms with Crippen molar-refractivity contribution < 1.29 is 9.53 Å². The minimum absolute atomic E-state index is 0.401. The molecule has 0 heterocycles. The van der Waals surface area contributed by atoms with Crippen LogP contribution in [0.2, 0.25) is 5.02 Å². The lowest BCUT2D eigenvalue weighted by Gasteiger charge is -2.20. The summed E-state index contributed by atoms with van der Waals surface area (Å²) >= 11 is 5.90. The van der Waals surface area contributed by atoms with Crippen molar-refractivity contribution >= 4 is 17.5 Å². The number of carbonyl (C=O) groups is 1. The molecule has 1 unspecified atom stereocenters. The highest BCUT2D eigenvalue weighted by Gasteiger charge is 2.25. The van der Waals surface area contributed by atoms with Crippen molar-refractivity contribution in [2.45, 2.75) is 25.5 Å². The van der Waals surface area contributed by atoms with Gasteiger partial charge in [0.1, 0.15) is 12.4 Å². The Hall–Kier alpha value is -2.04. The van der Waals surface area contributed by atoms with Crippen molar-refractivity contribution in [3.8, 4) is 5.75 Å². The molecule has 0 spiro atoms. The Morgan fingerprint density at radius 1 is 1.18 bits per heavy atom. The van der Waals surface area contributed by atoms with Gasteiger partial charge in [0.2, 0.25) is 5.91 Å². The number of primary amides is 1. The Morgan fingerprint density at radius 3 is 2.41 bits per heavy atom. The van der Waals surface area contributed by atoms with Gasteiger partial charge in [-0.05, 0) is 42.7 Å². The molecule has 0 fully saturated rings. The molecule has 1 atom stereocenters. The number of rotatable bonds is 6. The van der Waals surface area contributed by atoms with Crippen LogP contribution in [-0.4, -0.2) is 11.4 Å². The second kappa shape index (κ2) is 6.81. The van der Waals surface area contributed by atoms with Crippen LogP contribution in [0, 0.1) is 0 Å². The van der Waals surface area contributed by atoms with Crippen molar-refractivity contribution in [1.82, 2.24) is 0 Å². The lowest BCUT2D eigenvalue weighted by Crippen LogP contribution is -2.51. The van der Waals surface area contributed by atoms with E-state index in [0.717, 1.165) is 16.9 Å². The molecular weight excluding hydrogens is 300 g/mol. The van der Waals surface area contributed by atoms with Crippen LogP contribution in [0.25, 0.3) is 0 Å². The van der Waals surface area contributed by atoms with E-state index in [9.17, 15) is 4.79 Å². The van der Waals surface area contributed by atoms with Crippen LogP contribution in [0.5, 0.6) is 5.75 Å². The number of hydrogen-bond donors (Lipinski definition) is 2. The second-order valence-electron chi connectivity index (χ2n) is 5.52. The minimum Gasteiger partial charge on any atom is -0.489 e. The third kappa shape index (κ3) is 4.48. The highest BCUT2D eigenvalue weighted by atomic mass is 35.5. The van der Waals surface area contributed by atoms with Gasteiger partial charge >= 0.3 is 0 Å². The summed E-state index contributed by atoms with van der Waals surface area (Å²) in [6, 6.07) is 15.0. The molecule has 1 amide bonds. The lowest BCUT2D eigenvalue weighted by atomic mass is 9.93. The monoisotopic (exact) mass is 318 g/mol. The Balaban J connectivity index is 1.96. The zero-order valence-corrected chi connectivity index (χ0v) is 13.1. The van der Waals surface area contributed by atoms with E-state index in [1.807, 2.05) is 36.4 Å². The first-order valence-corrected chi connectivity index (χ1v) is 7.29. The summed E-state index contributed by atoms with van der Waals surface area (Å²) in [7, 11) is 0. The van der Waals surface area contributed by atoms with Gasteiger partial charge in [0.05, 0.1) is 5.54 Å². The third-order valence-electron chi connectivity index (χ3n) is 3.36. The summed E-state index contributed by atoms with van der Waals surface area (Å²) < 4.78 is 5.67. The molecule has 0 aliphatic heterocycles. The molecule has 0 radical (unpaired) electrons. The molecule has 0 aliphatic rings. The van der Waals surface area contributed by atoms with Crippen molar-refractivity contribution in [3.63, 3.8) is 0 Å². The molecule has 0 saturated heterocycles. The average Bonchev–Trinajstić information content (AvgIpc) is 2.46. The van der Waals surface area contributed by atoms with Crippen LogP contribution < -0.4 is 16.2 Å². The molecular formula is C17H19ClN2O2. The molecule has 5 heteroatoms. The number of ether oxygens (including phenoxy) is 1. The van der Waals surface area contributed by atoms with Gasteiger partial charge in [0.15, 0.2) is 0 Å². The maximum Gasteiger partial charge on any atom is 0.237 e. The first-order valence-electron chi connectivity index (χ1n) is 6.92. The molecule has 2 aromatic carbocycles. The highest BCUT2D eigenvalue weighted by molar-refractivity contribution is 6.30. The average molecular weight is 319 g/mol. The number of nitrogens with two attached hydrogens (primary N) is 2. The Labute approximate surface area is 135 Å². The van der Waals surface area contributed by atoms with Gasteiger partial charge in [-0.15, -0.1) is 0 Å². The van der Waals surface area contributed by atoms with Gasteiger partial charge in [-0.3, -0.25) is 4.79 Å². The number of carbonyl (C=O) groups excluding carboxylic acids is 1. The van der Waals surface area contributed by atoms with Gasteiger partial charge in [0.25, 0.3) is 0 Å². The first kappa shape index (κ1) is 16.3. The molecule has 4 nitrogen and oxygen atoms in total. The standard InChI is InChI=1S/C17H19ClN2O2/c1-17(20,16(19)21)10-12-5-7-13(8-6-12)11-22-15-4-2-3-14(18)9-15/h2-9H,10-11,20H2,1H3,(H2,19,21). The van der Waals surface area contributed by atoms with Gasteiger partial charge in [-0.2, -0.15) is 0 Å². The summed E-state index contributed by atoms with van der Waals surface area (Å²) in [6.07, 6.45) is 0.401. The first-order chi connectivity index (χ1) is 10.4. The van der Waals surface area contributed by atoms with Crippen LogP contribution >= 0.6 is 11.6 Å². The van der Waals surface area contributed by atoms with Crippen LogP contribution in [-0.2, 0) is 17.8 Å². The van der Waals surface area contributed by atoms with Crippen molar-refractivity contribution in [2.24, 2.45) is 11.5 Å². The van der Waals surface area contributed by atoms with E-state index < -0.39 is 11.4 Å². The SMILES string of the molecule is CC(N)(Cc1ccc(COc2cccc(Cl)c2)cc1)C(N)=O. The maximum absolute atomic E-state index is 11.2. The van der Waals surface area contributed by atoms with Gasteiger partial charge < -0.3 is 16.2 Å². The van der Waals surface area contributed by atoms with E-state index in [1.165, 1.54) is 0 Å². The fourth-order valence-corrected chi connectivity index (χ4v) is 2.17. The lowest BCUT2D eigenvalue weighted by molar-refractivity contribution is -0.122. The predicted octanol–water partition coefficient (Wildman–Crippen LogP) is 2.66. The number of hydrogen-bond acceptors (Lipinski definition) is 3. The molecule has 116 valence electrons. The fraction of sp³-hybridized carbons (Fsp3) is 0.235. The van der Waals surface area contributed by atoms with Gasteiger partial charge in [-0.1, -0.05) is 41.9 Å². The Morgan fingerprint density at radius 2 is 1.82 bits per heavy atom. The number of amides is 1. The van der Waals surface area contributed by atoms with Crippen LogP contribution in [0.4, 0.5) is 0 Å². The minimum atomic E-state index is -1.04. The molecule has 2 rings (SSSR count). The van der Waals surface area contributed by atoms with Crippen LogP contribution in [0.1, 0.15) is 18.1 Å². The van der Waals surface area contributed by atoms with E-state index in [2.05, 4.69) is 0 Å². The molecule has 0 aromatic heterocycles. The Kier molecular flexibility index (Phi) is 5.06. The zero-order chi connectivity index (χ0) is 16.2. The predicted molar refractivity (Wildman–Crippen MR) is 87.7 cm³/mol. The van der Waals surface area contributed by atoms with E-state index in [4.69, 9.17) is 27.8 Å². The zero-order valence-electron chi connectivity index (χ0n) is 12.4. The quantitative estimate of drug-likeness (QED) is 0.859. The van der Waals surface area contributed by atoms with E-state index in [1.54, 1.807) is 19.1 Å². The second-order valence-corrected chi connectivity index (χ2v) is 5.96. The van der Waals surface area contributed by atoms with Crippen molar-refractivity contribution in [1.29, 1.82) is 0 Å². The molecule has 0 saturated carbocycles. The Bertz CT molecular complexity index is 654. The van der Waals surface area contributed by atoms with Gasteiger partial charge in [0, 0.05) is 5.02 Å². The van der Waals surface area contributed by atoms with E-state index in [-0.39, 0.29) is 0 Å². The smallest absolute Gasteiger partial charge is 0.237 e. The summed E-state index contributed by atoms with van der Waals surface area (Å²) in [4.78, 5) is 11.2. The van der Waals surface area contributed by atoms with E-state index >= 15 is 0 Å². The molecule has 2 aromatic rings. The summed E-state index contributed by atoms with van der Waals surface area (Å²) in [6.45, 7) is 2.07. The third-order valence-corrected chi connectivity index (χ3v) is 3.59. The highest BCUT2D eigenvalue weighted by Crippen LogP contribution is 2.19. The van der Waals surface area contributed by atoms with Crippen molar-refractivity contribution in [3.05, 3.63) is 64.7 Å². The molecule has 0 bridgehead atoms. The van der Waals surface area contributed by atoms with Crippen molar-refractivity contribution in [2.75, 3.05) is 0 Å².